The second-order valence-electron chi connectivity index (χ2n) is 5.75. The molecule has 1 heterocycles. The fourth-order valence-corrected chi connectivity index (χ4v) is 3.24. The van der Waals surface area contributed by atoms with Crippen molar-refractivity contribution in [2.75, 3.05) is 13.6 Å². The van der Waals surface area contributed by atoms with E-state index in [2.05, 4.69) is 55.6 Å². The third-order valence-electron chi connectivity index (χ3n) is 4.05. The summed E-state index contributed by atoms with van der Waals surface area (Å²) in [6, 6.07) is 9.25. The van der Waals surface area contributed by atoms with Gasteiger partial charge in [-0.15, -0.1) is 0 Å². The number of rotatable bonds is 6. The molecule has 1 aromatic heterocycles. The molecule has 1 saturated carbocycles. The Hall–Kier alpha value is -1.17. The van der Waals surface area contributed by atoms with Gasteiger partial charge in [-0.05, 0) is 37.6 Å². The minimum atomic E-state index is 0.201. The maximum absolute atomic E-state index is 6.05. The van der Waals surface area contributed by atoms with Crippen LogP contribution in [0, 0.1) is 0 Å². The maximum atomic E-state index is 6.05. The lowest BCUT2D eigenvalue weighted by Crippen LogP contribution is -2.31. The lowest BCUT2D eigenvalue weighted by atomic mass is 10.1. The van der Waals surface area contributed by atoms with Crippen molar-refractivity contribution in [3.05, 3.63) is 52.5 Å². The van der Waals surface area contributed by atoms with Gasteiger partial charge in [0, 0.05) is 29.8 Å². The molecule has 1 unspecified atom stereocenters. The summed E-state index contributed by atoms with van der Waals surface area (Å²) < 4.78 is 3.41. The van der Waals surface area contributed by atoms with E-state index < -0.39 is 0 Å². The van der Waals surface area contributed by atoms with Gasteiger partial charge in [0.05, 0.1) is 18.1 Å². The number of likely N-dealkylation sites (N-methyl/N-ethyl adjacent to an activating group) is 1. The lowest BCUT2D eigenvalue weighted by molar-refractivity contribution is 0.232. The SMILES string of the molecule is CN(Cc1cccc(Br)c1)C(CN)c1cncn1C1CC1. The Labute approximate surface area is 134 Å². The van der Waals surface area contributed by atoms with Gasteiger partial charge in [-0.3, -0.25) is 4.90 Å². The molecule has 0 saturated heterocycles. The first kappa shape index (κ1) is 14.8. The average molecular weight is 349 g/mol. The zero-order valence-corrected chi connectivity index (χ0v) is 13.8. The molecule has 0 aliphatic heterocycles. The summed E-state index contributed by atoms with van der Waals surface area (Å²) in [5.41, 5.74) is 8.56. The Morgan fingerprint density at radius 1 is 1.48 bits per heavy atom. The zero-order chi connectivity index (χ0) is 14.8. The Morgan fingerprint density at radius 3 is 2.95 bits per heavy atom. The molecular weight excluding hydrogens is 328 g/mol. The van der Waals surface area contributed by atoms with Gasteiger partial charge >= 0.3 is 0 Å². The van der Waals surface area contributed by atoms with Gasteiger partial charge in [-0.2, -0.15) is 0 Å². The van der Waals surface area contributed by atoms with Crippen molar-refractivity contribution in [3.63, 3.8) is 0 Å². The minimum absolute atomic E-state index is 0.201. The van der Waals surface area contributed by atoms with Gasteiger partial charge in [0.15, 0.2) is 0 Å². The average Bonchev–Trinajstić information content (AvgIpc) is 3.19. The lowest BCUT2D eigenvalue weighted by Gasteiger charge is -2.28. The number of hydrogen-bond donors (Lipinski definition) is 1. The molecule has 2 aromatic rings. The van der Waals surface area contributed by atoms with E-state index in [1.165, 1.54) is 24.1 Å². The summed E-state index contributed by atoms with van der Waals surface area (Å²) in [5, 5.41) is 0. The normalized spacial score (nSPS) is 16.4. The van der Waals surface area contributed by atoms with Gasteiger partial charge in [0.25, 0.3) is 0 Å². The molecule has 0 bridgehead atoms. The molecule has 0 radical (unpaired) electrons. The van der Waals surface area contributed by atoms with E-state index in [0.29, 0.717) is 12.6 Å². The Kier molecular flexibility index (Phi) is 4.42. The van der Waals surface area contributed by atoms with Crippen LogP contribution in [-0.4, -0.2) is 28.0 Å². The number of hydrogen-bond acceptors (Lipinski definition) is 3. The molecule has 0 amide bonds. The molecular formula is C16H21BrN4. The molecule has 1 fully saturated rings. The zero-order valence-electron chi connectivity index (χ0n) is 12.2. The monoisotopic (exact) mass is 348 g/mol. The summed E-state index contributed by atoms with van der Waals surface area (Å²) in [5.74, 6) is 0. The number of nitrogens with zero attached hydrogens (tertiary/aromatic N) is 3. The van der Waals surface area contributed by atoms with E-state index in [-0.39, 0.29) is 6.04 Å². The fourth-order valence-electron chi connectivity index (χ4n) is 2.79. The topological polar surface area (TPSA) is 47.1 Å². The van der Waals surface area contributed by atoms with Crippen LogP contribution in [-0.2, 0) is 6.54 Å². The standard InChI is InChI=1S/C16H21BrN4/c1-20(10-12-3-2-4-13(17)7-12)15(8-18)16-9-19-11-21(16)14-5-6-14/h2-4,7,9,11,14-15H,5-6,8,10,18H2,1H3. The molecule has 3 rings (SSSR count). The predicted octanol–water partition coefficient (Wildman–Crippen LogP) is 3.11. The number of halogens is 1. The van der Waals surface area contributed by atoms with Crippen LogP contribution in [0.5, 0.6) is 0 Å². The van der Waals surface area contributed by atoms with Crippen molar-refractivity contribution >= 4 is 15.9 Å². The third-order valence-corrected chi connectivity index (χ3v) is 4.55. The second kappa shape index (κ2) is 6.30. The van der Waals surface area contributed by atoms with Gasteiger partial charge in [-0.25, -0.2) is 4.98 Å². The van der Waals surface area contributed by atoms with Crippen molar-refractivity contribution in [2.45, 2.75) is 31.5 Å². The summed E-state index contributed by atoms with van der Waals surface area (Å²) >= 11 is 3.53. The number of imidazole rings is 1. The first-order valence-electron chi connectivity index (χ1n) is 7.35. The molecule has 1 aliphatic carbocycles. The van der Waals surface area contributed by atoms with Gasteiger partial charge in [-0.1, -0.05) is 28.1 Å². The Bertz CT molecular complexity index is 606. The highest BCUT2D eigenvalue weighted by Gasteiger charge is 2.28. The van der Waals surface area contributed by atoms with Gasteiger partial charge < -0.3 is 10.3 Å². The quantitative estimate of drug-likeness (QED) is 0.872. The molecule has 1 atom stereocenters. The molecule has 2 N–H and O–H groups in total. The second-order valence-corrected chi connectivity index (χ2v) is 6.67. The highest BCUT2D eigenvalue weighted by atomic mass is 79.9. The first-order chi connectivity index (χ1) is 10.2. The molecule has 112 valence electrons. The van der Waals surface area contributed by atoms with Crippen LogP contribution in [0.15, 0.2) is 41.3 Å². The van der Waals surface area contributed by atoms with Crippen LogP contribution in [0.4, 0.5) is 0 Å². The van der Waals surface area contributed by atoms with Gasteiger partial charge in [0.2, 0.25) is 0 Å². The first-order valence-corrected chi connectivity index (χ1v) is 8.15. The molecule has 1 aliphatic rings. The highest BCUT2D eigenvalue weighted by molar-refractivity contribution is 9.10. The minimum Gasteiger partial charge on any atom is -0.330 e. The molecule has 1 aromatic carbocycles. The largest absolute Gasteiger partial charge is 0.330 e. The third kappa shape index (κ3) is 3.36. The number of nitrogens with two attached hydrogens (primary N) is 1. The predicted molar refractivity (Wildman–Crippen MR) is 87.9 cm³/mol. The van der Waals surface area contributed by atoms with Crippen LogP contribution in [0.1, 0.15) is 36.2 Å². The van der Waals surface area contributed by atoms with E-state index in [4.69, 9.17) is 5.73 Å². The van der Waals surface area contributed by atoms with Crippen molar-refractivity contribution in [3.8, 4) is 0 Å². The number of benzene rings is 1. The van der Waals surface area contributed by atoms with E-state index in [9.17, 15) is 0 Å². The van der Waals surface area contributed by atoms with Crippen LogP contribution < -0.4 is 5.73 Å². The smallest absolute Gasteiger partial charge is 0.0951 e. The molecule has 4 nitrogen and oxygen atoms in total. The van der Waals surface area contributed by atoms with E-state index in [1.54, 1.807) is 0 Å². The van der Waals surface area contributed by atoms with Crippen LogP contribution >= 0.6 is 15.9 Å². The Morgan fingerprint density at radius 2 is 2.29 bits per heavy atom. The fraction of sp³-hybridized carbons (Fsp3) is 0.438. The molecule has 21 heavy (non-hydrogen) atoms. The molecule has 5 heteroatoms. The maximum Gasteiger partial charge on any atom is 0.0951 e. The summed E-state index contributed by atoms with van der Waals surface area (Å²) in [4.78, 5) is 6.63. The summed E-state index contributed by atoms with van der Waals surface area (Å²) in [6.07, 6.45) is 6.43. The Balaban J connectivity index is 1.77. The van der Waals surface area contributed by atoms with Crippen LogP contribution in [0.3, 0.4) is 0 Å². The van der Waals surface area contributed by atoms with Crippen LogP contribution in [0.25, 0.3) is 0 Å². The van der Waals surface area contributed by atoms with Crippen molar-refractivity contribution < 1.29 is 0 Å². The van der Waals surface area contributed by atoms with Gasteiger partial charge in [0.1, 0.15) is 0 Å². The van der Waals surface area contributed by atoms with Crippen molar-refractivity contribution in [1.82, 2.24) is 14.5 Å². The number of aromatic nitrogens is 2. The van der Waals surface area contributed by atoms with E-state index >= 15 is 0 Å². The van der Waals surface area contributed by atoms with E-state index in [1.807, 2.05) is 18.6 Å². The molecule has 0 spiro atoms. The summed E-state index contributed by atoms with van der Waals surface area (Å²) in [6.45, 7) is 1.47. The van der Waals surface area contributed by atoms with Crippen LogP contribution in [0.2, 0.25) is 0 Å². The summed E-state index contributed by atoms with van der Waals surface area (Å²) in [7, 11) is 2.13. The highest BCUT2D eigenvalue weighted by Crippen LogP contribution is 2.37. The van der Waals surface area contributed by atoms with Crippen molar-refractivity contribution in [1.29, 1.82) is 0 Å². The van der Waals surface area contributed by atoms with Crippen molar-refractivity contribution in [2.24, 2.45) is 5.73 Å². The van der Waals surface area contributed by atoms with E-state index in [0.717, 1.165) is 11.0 Å².